The molecule has 0 heterocycles. The van der Waals surface area contributed by atoms with Crippen LogP contribution in [-0.2, 0) is 6.42 Å². The van der Waals surface area contributed by atoms with Crippen molar-refractivity contribution in [2.45, 2.75) is 19.4 Å². The van der Waals surface area contributed by atoms with E-state index in [1.54, 1.807) is 0 Å². The van der Waals surface area contributed by atoms with Crippen molar-refractivity contribution in [3.05, 3.63) is 70.2 Å². The molecule has 1 unspecified atom stereocenters. The van der Waals surface area contributed by atoms with Crippen LogP contribution in [0, 0.1) is 6.92 Å². The monoisotopic (exact) mass is 260 g/mol. The van der Waals surface area contributed by atoms with Crippen molar-refractivity contribution in [2.24, 2.45) is 5.84 Å². The van der Waals surface area contributed by atoms with E-state index in [1.165, 1.54) is 5.56 Å². The van der Waals surface area contributed by atoms with Crippen molar-refractivity contribution >= 4 is 11.6 Å². The van der Waals surface area contributed by atoms with Crippen molar-refractivity contribution in [1.29, 1.82) is 0 Å². The molecule has 3 heteroatoms. The highest BCUT2D eigenvalue weighted by Crippen LogP contribution is 2.23. The van der Waals surface area contributed by atoms with Crippen LogP contribution in [0.1, 0.15) is 22.7 Å². The SMILES string of the molecule is Cc1cc(C(Cc2ccccc2)NN)ccc1Cl. The molecule has 0 saturated heterocycles. The van der Waals surface area contributed by atoms with Crippen LogP contribution in [0.5, 0.6) is 0 Å². The van der Waals surface area contributed by atoms with Gasteiger partial charge in [-0.3, -0.25) is 11.3 Å². The Morgan fingerprint density at radius 3 is 2.50 bits per heavy atom. The van der Waals surface area contributed by atoms with Gasteiger partial charge in [-0.2, -0.15) is 0 Å². The fraction of sp³-hybridized carbons (Fsp3) is 0.200. The molecule has 2 aromatic carbocycles. The predicted molar refractivity (Wildman–Crippen MR) is 76.4 cm³/mol. The van der Waals surface area contributed by atoms with Gasteiger partial charge in [-0.15, -0.1) is 0 Å². The van der Waals surface area contributed by atoms with Crippen molar-refractivity contribution in [3.8, 4) is 0 Å². The summed E-state index contributed by atoms with van der Waals surface area (Å²) in [5.41, 5.74) is 6.36. The van der Waals surface area contributed by atoms with Gasteiger partial charge in [0.15, 0.2) is 0 Å². The third-order valence-corrected chi connectivity index (χ3v) is 3.49. The first-order valence-electron chi connectivity index (χ1n) is 5.97. The zero-order valence-electron chi connectivity index (χ0n) is 10.4. The molecule has 0 radical (unpaired) electrons. The average Bonchev–Trinajstić information content (AvgIpc) is 2.40. The van der Waals surface area contributed by atoms with E-state index in [1.807, 2.05) is 37.3 Å². The summed E-state index contributed by atoms with van der Waals surface area (Å²) in [6.45, 7) is 2.00. The lowest BCUT2D eigenvalue weighted by Gasteiger charge is -2.17. The van der Waals surface area contributed by atoms with Gasteiger partial charge >= 0.3 is 0 Å². The lowest BCUT2D eigenvalue weighted by Crippen LogP contribution is -2.29. The van der Waals surface area contributed by atoms with Gasteiger partial charge in [0.25, 0.3) is 0 Å². The molecule has 0 aliphatic heterocycles. The summed E-state index contributed by atoms with van der Waals surface area (Å²) in [5.74, 6) is 5.66. The maximum atomic E-state index is 6.04. The minimum Gasteiger partial charge on any atom is -0.271 e. The van der Waals surface area contributed by atoms with E-state index < -0.39 is 0 Å². The highest BCUT2D eigenvalue weighted by Gasteiger charge is 2.11. The summed E-state index contributed by atoms with van der Waals surface area (Å²) in [4.78, 5) is 0. The molecule has 18 heavy (non-hydrogen) atoms. The summed E-state index contributed by atoms with van der Waals surface area (Å²) in [6.07, 6.45) is 0.860. The standard InChI is InChI=1S/C15H17ClN2/c1-11-9-13(7-8-14(11)16)15(18-17)10-12-5-3-2-4-6-12/h2-9,15,18H,10,17H2,1H3. The quantitative estimate of drug-likeness (QED) is 0.653. The Balaban J connectivity index is 2.20. The number of hydrazine groups is 1. The van der Waals surface area contributed by atoms with Crippen molar-refractivity contribution < 1.29 is 0 Å². The van der Waals surface area contributed by atoms with Gasteiger partial charge in [-0.1, -0.05) is 54.1 Å². The van der Waals surface area contributed by atoms with Crippen molar-refractivity contribution in [1.82, 2.24) is 5.43 Å². The summed E-state index contributed by atoms with van der Waals surface area (Å²) >= 11 is 6.04. The summed E-state index contributed by atoms with van der Waals surface area (Å²) in [6, 6.07) is 16.4. The van der Waals surface area contributed by atoms with E-state index in [4.69, 9.17) is 17.4 Å². The molecule has 0 spiro atoms. The van der Waals surface area contributed by atoms with Gasteiger partial charge < -0.3 is 0 Å². The Morgan fingerprint density at radius 1 is 1.17 bits per heavy atom. The number of hydrogen-bond donors (Lipinski definition) is 2. The largest absolute Gasteiger partial charge is 0.271 e. The van der Waals surface area contributed by atoms with Crippen LogP contribution in [0.4, 0.5) is 0 Å². The van der Waals surface area contributed by atoms with E-state index in [9.17, 15) is 0 Å². The number of nitrogens with one attached hydrogen (secondary N) is 1. The lowest BCUT2D eigenvalue weighted by atomic mass is 9.98. The van der Waals surface area contributed by atoms with Gasteiger partial charge in [0, 0.05) is 11.1 Å². The highest BCUT2D eigenvalue weighted by atomic mass is 35.5. The fourth-order valence-electron chi connectivity index (χ4n) is 2.01. The van der Waals surface area contributed by atoms with E-state index in [0.717, 1.165) is 22.6 Å². The molecule has 94 valence electrons. The third kappa shape index (κ3) is 3.10. The van der Waals surface area contributed by atoms with Gasteiger partial charge in [0.1, 0.15) is 0 Å². The molecular formula is C15H17ClN2. The molecule has 3 N–H and O–H groups in total. The summed E-state index contributed by atoms with van der Waals surface area (Å²) in [7, 11) is 0. The van der Waals surface area contributed by atoms with Crippen LogP contribution >= 0.6 is 11.6 Å². The van der Waals surface area contributed by atoms with Crippen LogP contribution in [0.25, 0.3) is 0 Å². The van der Waals surface area contributed by atoms with Gasteiger partial charge in [-0.25, -0.2) is 0 Å². The van der Waals surface area contributed by atoms with Gasteiger partial charge in [-0.05, 0) is 36.1 Å². The molecule has 2 rings (SSSR count). The minimum atomic E-state index is 0.100. The number of benzene rings is 2. The van der Waals surface area contributed by atoms with E-state index in [-0.39, 0.29) is 6.04 Å². The minimum absolute atomic E-state index is 0.100. The smallest absolute Gasteiger partial charge is 0.0500 e. The Labute approximate surface area is 113 Å². The third-order valence-electron chi connectivity index (χ3n) is 3.07. The molecule has 2 nitrogen and oxygen atoms in total. The molecule has 0 aliphatic carbocycles. The molecule has 2 aromatic rings. The maximum absolute atomic E-state index is 6.04. The molecular weight excluding hydrogens is 244 g/mol. The Morgan fingerprint density at radius 2 is 1.89 bits per heavy atom. The molecule has 0 bridgehead atoms. The van der Waals surface area contributed by atoms with E-state index >= 15 is 0 Å². The molecule has 0 fully saturated rings. The van der Waals surface area contributed by atoms with Crippen LogP contribution in [0.15, 0.2) is 48.5 Å². The summed E-state index contributed by atoms with van der Waals surface area (Å²) in [5, 5.41) is 0.786. The van der Waals surface area contributed by atoms with Crippen LogP contribution in [0.2, 0.25) is 5.02 Å². The highest BCUT2D eigenvalue weighted by molar-refractivity contribution is 6.31. The Hall–Kier alpha value is -1.35. The summed E-state index contributed by atoms with van der Waals surface area (Å²) < 4.78 is 0. The molecule has 1 atom stereocenters. The molecule has 0 saturated carbocycles. The number of aryl methyl sites for hydroxylation is 1. The predicted octanol–water partition coefficient (Wildman–Crippen LogP) is 3.40. The van der Waals surface area contributed by atoms with Crippen molar-refractivity contribution in [2.75, 3.05) is 0 Å². The zero-order chi connectivity index (χ0) is 13.0. The second kappa shape index (κ2) is 6.01. The molecule has 0 amide bonds. The first-order chi connectivity index (χ1) is 8.70. The van der Waals surface area contributed by atoms with Crippen LogP contribution in [-0.4, -0.2) is 0 Å². The normalized spacial score (nSPS) is 12.4. The first kappa shape index (κ1) is 13.1. The first-order valence-corrected chi connectivity index (χ1v) is 6.34. The fourth-order valence-corrected chi connectivity index (χ4v) is 2.12. The van der Waals surface area contributed by atoms with Crippen molar-refractivity contribution in [3.63, 3.8) is 0 Å². The Bertz CT molecular complexity index is 511. The molecule has 0 aromatic heterocycles. The topological polar surface area (TPSA) is 38.0 Å². The average molecular weight is 261 g/mol. The number of halogens is 1. The number of rotatable bonds is 4. The second-order valence-corrected chi connectivity index (χ2v) is 4.82. The van der Waals surface area contributed by atoms with Gasteiger partial charge in [0.05, 0.1) is 0 Å². The number of nitrogens with two attached hydrogens (primary N) is 1. The van der Waals surface area contributed by atoms with Crippen LogP contribution in [0.3, 0.4) is 0 Å². The second-order valence-electron chi connectivity index (χ2n) is 4.42. The zero-order valence-corrected chi connectivity index (χ0v) is 11.1. The van der Waals surface area contributed by atoms with Crippen LogP contribution < -0.4 is 11.3 Å². The van der Waals surface area contributed by atoms with E-state index in [2.05, 4.69) is 23.6 Å². The lowest BCUT2D eigenvalue weighted by molar-refractivity contribution is 0.551. The molecule has 0 aliphatic rings. The van der Waals surface area contributed by atoms with Gasteiger partial charge in [0.2, 0.25) is 0 Å². The maximum Gasteiger partial charge on any atom is 0.0500 e. The number of hydrogen-bond acceptors (Lipinski definition) is 2. The Kier molecular flexibility index (Phi) is 4.37. The van der Waals surface area contributed by atoms with E-state index in [0.29, 0.717) is 0 Å².